The molecule has 98 valence electrons. The average molecular weight is 256 g/mol. The van der Waals surface area contributed by atoms with Gasteiger partial charge in [0.1, 0.15) is 6.10 Å². The number of carbonyl (C=O) groups is 1. The first kappa shape index (κ1) is 12.9. The smallest absolute Gasteiger partial charge is 0.377 e. The predicted octanol–water partition coefficient (Wildman–Crippen LogP) is 1.16. The maximum absolute atomic E-state index is 12.9. The van der Waals surface area contributed by atoms with E-state index in [1.807, 2.05) is 12.1 Å². The molecule has 1 saturated heterocycles. The van der Waals surface area contributed by atoms with Crippen LogP contribution in [0.25, 0.3) is 0 Å². The summed E-state index contributed by atoms with van der Waals surface area (Å²) < 4.78 is 30.3. The van der Waals surface area contributed by atoms with Crippen molar-refractivity contribution in [1.82, 2.24) is 10.3 Å². The lowest BCUT2D eigenvalue weighted by Crippen LogP contribution is -2.28. The second-order valence-electron chi connectivity index (χ2n) is 4.25. The number of carbonyl (C=O) groups excluding carboxylic acids is 1. The fourth-order valence-corrected chi connectivity index (χ4v) is 1.80. The van der Waals surface area contributed by atoms with Crippen molar-refractivity contribution in [3.63, 3.8) is 0 Å². The minimum absolute atomic E-state index is 0.252. The zero-order chi connectivity index (χ0) is 13.0. The van der Waals surface area contributed by atoms with Crippen LogP contribution in [0.15, 0.2) is 24.5 Å². The van der Waals surface area contributed by atoms with E-state index < -0.39 is 24.4 Å². The lowest BCUT2D eigenvalue weighted by atomic mass is 10.2. The van der Waals surface area contributed by atoms with Gasteiger partial charge in [-0.3, -0.25) is 4.98 Å². The monoisotopic (exact) mass is 256 g/mol. The second-order valence-corrected chi connectivity index (χ2v) is 4.25. The van der Waals surface area contributed by atoms with Gasteiger partial charge in [0.15, 0.2) is 0 Å². The van der Waals surface area contributed by atoms with Crippen molar-refractivity contribution >= 4 is 5.97 Å². The molecule has 6 heteroatoms. The summed E-state index contributed by atoms with van der Waals surface area (Å²) in [5.74, 6) is -4.74. The van der Waals surface area contributed by atoms with Crippen molar-refractivity contribution in [2.24, 2.45) is 0 Å². The Bertz CT molecular complexity index is 412. The molecule has 2 heterocycles. The molecule has 1 aliphatic rings. The van der Waals surface area contributed by atoms with Crippen LogP contribution in [0.1, 0.15) is 12.0 Å². The highest BCUT2D eigenvalue weighted by Crippen LogP contribution is 2.30. The van der Waals surface area contributed by atoms with Crippen LogP contribution in [0.3, 0.4) is 0 Å². The predicted molar refractivity (Wildman–Crippen MR) is 60.3 cm³/mol. The molecule has 1 atom stereocenters. The van der Waals surface area contributed by atoms with Gasteiger partial charge in [-0.05, 0) is 24.6 Å². The second kappa shape index (κ2) is 5.39. The molecule has 1 aromatic rings. The standard InChI is InChI=1S/C12H14F2N2O2/c13-12(14)6-10(18-11(12)17)8-16-5-3-9-2-1-4-15-7-9/h1-2,4,7,10,16H,3,5-6,8H2. The molecular weight excluding hydrogens is 242 g/mol. The number of esters is 1. The topological polar surface area (TPSA) is 51.2 Å². The number of nitrogens with zero attached hydrogens (tertiary/aromatic N) is 1. The van der Waals surface area contributed by atoms with Crippen molar-refractivity contribution < 1.29 is 18.3 Å². The molecule has 1 unspecified atom stereocenters. The molecule has 1 fully saturated rings. The van der Waals surface area contributed by atoms with E-state index in [0.29, 0.717) is 6.54 Å². The van der Waals surface area contributed by atoms with Gasteiger partial charge in [0.25, 0.3) is 0 Å². The first-order valence-electron chi connectivity index (χ1n) is 5.76. The Balaban J connectivity index is 1.67. The van der Waals surface area contributed by atoms with Gasteiger partial charge in [0.2, 0.25) is 0 Å². The van der Waals surface area contributed by atoms with Crippen LogP contribution in [0.2, 0.25) is 0 Å². The fraction of sp³-hybridized carbons (Fsp3) is 0.500. The number of hydrogen-bond acceptors (Lipinski definition) is 4. The lowest BCUT2D eigenvalue weighted by molar-refractivity contribution is -0.158. The molecule has 1 N–H and O–H groups in total. The molecule has 0 bridgehead atoms. The summed E-state index contributed by atoms with van der Waals surface area (Å²) in [6.45, 7) is 0.882. The Labute approximate surface area is 103 Å². The Morgan fingerprint density at radius 3 is 3.00 bits per heavy atom. The van der Waals surface area contributed by atoms with E-state index in [0.717, 1.165) is 12.0 Å². The van der Waals surface area contributed by atoms with E-state index in [9.17, 15) is 13.6 Å². The number of aromatic nitrogens is 1. The van der Waals surface area contributed by atoms with Gasteiger partial charge in [0, 0.05) is 18.9 Å². The van der Waals surface area contributed by atoms with Gasteiger partial charge in [-0.25, -0.2) is 4.79 Å². The third kappa shape index (κ3) is 3.22. The van der Waals surface area contributed by atoms with E-state index in [4.69, 9.17) is 0 Å². The van der Waals surface area contributed by atoms with Gasteiger partial charge >= 0.3 is 11.9 Å². The molecule has 0 amide bonds. The molecule has 2 rings (SSSR count). The highest BCUT2D eigenvalue weighted by atomic mass is 19.3. The first-order chi connectivity index (χ1) is 8.58. The zero-order valence-corrected chi connectivity index (χ0v) is 9.73. The van der Waals surface area contributed by atoms with Crippen LogP contribution >= 0.6 is 0 Å². The molecule has 0 aromatic carbocycles. The Morgan fingerprint density at radius 1 is 1.56 bits per heavy atom. The number of rotatable bonds is 5. The molecule has 0 aliphatic carbocycles. The molecule has 0 saturated carbocycles. The Morgan fingerprint density at radius 2 is 2.39 bits per heavy atom. The molecule has 1 aromatic heterocycles. The van der Waals surface area contributed by atoms with Gasteiger partial charge in [-0.2, -0.15) is 8.78 Å². The van der Waals surface area contributed by atoms with Gasteiger partial charge in [0.05, 0.1) is 6.42 Å². The summed E-state index contributed by atoms with van der Waals surface area (Å²) in [5, 5.41) is 3.00. The van der Waals surface area contributed by atoms with Crippen LogP contribution in [0.5, 0.6) is 0 Å². The van der Waals surface area contributed by atoms with Crippen molar-refractivity contribution in [1.29, 1.82) is 0 Å². The van der Waals surface area contributed by atoms with Crippen LogP contribution < -0.4 is 5.32 Å². The lowest BCUT2D eigenvalue weighted by Gasteiger charge is -2.09. The summed E-state index contributed by atoms with van der Waals surface area (Å²) in [6.07, 6.45) is 2.93. The van der Waals surface area contributed by atoms with E-state index in [1.54, 1.807) is 12.4 Å². The number of halogens is 2. The molecule has 1 aliphatic heterocycles. The number of nitrogens with one attached hydrogen (secondary N) is 1. The normalized spacial score (nSPS) is 21.9. The number of ether oxygens (including phenoxy) is 1. The molecule has 0 radical (unpaired) electrons. The summed E-state index contributed by atoms with van der Waals surface area (Å²) in [6, 6.07) is 3.78. The van der Waals surface area contributed by atoms with E-state index >= 15 is 0 Å². The highest BCUT2D eigenvalue weighted by Gasteiger charge is 2.50. The summed E-state index contributed by atoms with van der Waals surface area (Å²) in [7, 11) is 0. The third-order valence-corrected chi connectivity index (χ3v) is 2.74. The largest absolute Gasteiger partial charge is 0.456 e. The first-order valence-corrected chi connectivity index (χ1v) is 5.76. The van der Waals surface area contributed by atoms with Crippen molar-refractivity contribution in [3.05, 3.63) is 30.1 Å². The van der Waals surface area contributed by atoms with Gasteiger partial charge in [-0.15, -0.1) is 0 Å². The average Bonchev–Trinajstić information content (AvgIpc) is 2.60. The van der Waals surface area contributed by atoms with Crippen molar-refractivity contribution in [2.75, 3.05) is 13.1 Å². The summed E-state index contributed by atoms with van der Waals surface area (Å²) >= 11 is 0. The zero-order valence-electron chi connectivity index (χ0n) is 9.73. The summed E-state index contributed by atoms with van der Waals surface area (Å²) in [4.78, 5) is 14.7. The minimum atomic E-state index is -3.32. The van der Waals surface area contributed by atoms with E-state index in [1.165, 1.54) is 0 Å². The van der Waals surface area contributed by atoms with Crippen LogP contribution in [0, 0.1) is 0 Å². The third-order valence-electron chi connectivity index (χ3n) is 2.74. The summed E-state index contributed by atoms with van der Waals surface area (Å²) in [5.41, 5.74) is 1.07. The molecule has 0 spiro atoms. The minimum Gasteiger partial charge on any atom is -0.456 e. The quantitative estimate of drug-likeness (QED) is 0.634. The van der Waals surface area contributed by atoms with Crippen LogP contribution in [-0.2, 0) is 16.0 Å². The number of cyclic esters (lactones) is 1. The van der Waals surface area contributed by atoms with Crippen LogP contribution in [0.4, 0.5) is 8.78 Å². The van der Waals surface area contributed by atoms with E-state index in [-0.39, 0.29) is 6.54 Å². The fourth-order valence-electron chi connectivity index (χ4n) is 1.80. The Kier molecular flexibility index (Phi) is 3.86. The maximum Gasteiger partial charge on any atom is 0.377 e. The van der Waals surface area contributed by atoms with Crippen LogP contribution in [-0.4, -0.2) is 36.1 Å². The van der Waals surface area contributed by atoms with Crippen molar-refractivity contribution in [3.8, 4) is 0 Å². The van der Waals surface area contributed by atoms with Gasteiger partial charge in [-0.1, -0.05) is 6.07 Å². The number of pyridine rings is 1. The SMILES string of the molecule is O=C1OC(CNCCc2cccnc2)CC1(F)F. The molecule has 4 nitrogen and oxygen atoms in total. The number of alkyl halides is 2. The Hall–Kier alpha value is -1.56. The maximum atomic E-state index is 12.9. The number of hydrogen-bond donors (Lipinski definition) is 1. The molecular formula is C12H14F2N2O2. The molecule has 18 heavy (non-hydrogen) atoms. The van der Waals surface area contributed by atoms with Gasteiger partial charge < -0.3 is 10.1 Å². The van der Waals surface area contributed by atoms with Crippen molar-refractivity contribution in [2.45, 2.75) is 24.9 Å². The van der Waals surface area contributed by atoms with E-state index in [2.05, 4.69) is 15.0 Å². The highest BCUT2D eigenvalue weighted by molar-refractivity contribution is 5.79.